The van der Waals surface area contributed by atoms with Crippen molar-refractivity contribution in [2.45, 2.75) is 45.7 Å². The summed E-state index contributed by atoms with van der Waals surface area (Å²) in [6.07, 6.45) is 2.10. The summed E-state index contributed by atoms with van der Waals surface area (Å²) in [5.74, 6) is 2.58. The Bertz CT molecular complexity index is 782. The first kappa shape index (κ1) is 16.3. The molecule has 0 atom stereocenters. The molecular weight excluding hydrogens is 314 g/mol. The van der Waals surface area contributed by atoms with Crippen LogP contribution in [0, 0.1) is 0 Å². The number of aryl methyl sites for hydroxylation is 1. The van der Waals surface area contributed by atoms with Gasteiger partial charge in [0.1, 0.15) is 11.6 Å². The molecule has 2 aromatic rings. The maximum absolute atomic E-state index is 12.9. The van der Waals surface area contributed by atoms with Gasteiger partial charge in [-0.15, -0.1) is 10.2 Å². The SMILES string of the molecule is CC(C)c1nnc2n1CCN(CC(=O)N1CCCc3ccccc31)C2. The lowest BCUT2D eigenvalue weighted by molar-refractivity contribution is -0.120. The van der Waals surface area contributed by atoms with Gasteiger partial charge in [0, 0.05) is 31.2 Å². The molecule has 0 saturated carbocycles. The Morgan fingerprint density at radius 1 is 1.16 bits per heavy atom. The third-order valence-corrected chi connectivity index (χ3v) is 5.15. The van der Waals surface area contributed by atoms with Crippen LogP contribution in [0.2, 0.25) is 0 Å². The fourth-order valence-corrected chi connectivity index (χ4v) is 3.86. The average molecular weight is 339 g/mol. The number of hydrogen-bond acceptors (Lipinski definition) is 4. The van der Waals surface area contributed by atoms with E-state index < -0.39 is 0 Å². The summed E-state index contributed by atoms with van der Waals surface area (Å²) < 4.78 is 2.21. The zero-order valence-corrected chi connectivity index (χ0v) is 15.0. The second-order valence-electron chi connectivity index (χ2n) is 7.27. The van der Waals surface area contributed by atoms with Gasteiger partial charge in [0.05, 0.1) is 13.1 Å². The Balaban J connectivity index is 1.46. The average Bonchev–Trinajstić information content (AvgIpc) is 3.04. The number of fused-ring (bicyclic) bond motifs is 2. The van der Waals surface area contributed by atoms with E-state index in [4.69, 9.17) is 0 Å². The highest BCUT2D eigenvalue weighted by Gasteiger charge is 2.27. The zero-order chi connectivity index (χ0) is 17.4. The number of amides is 1. The molecule has 2 aliphatic rings. The van der Waals surface area contributed by atoms with Gasteiger partial charge < -0.3 is 9.47 Å². The number of carbonyl (C=O) groups is 1. The summed E-state index contributed by atoms with van der Waals surface area (Å²) in [5.41, 5.74) is 2.36. The summed E-state index contributed by atoms with van der Waals surface area (Å²) in [6.45, 7) is 7.96. The highest BCUT2D eigenvalue weighted by molar-refractivity contribution is 5.95. The molecule has 1 amide bonds. The van der Waals surface area contributed by atoms with Gasteiger partial charge in [0.2, 0.25) is 5.91 Å². The van der Waals surface area contributed by atoms with Crippen LogP contribution in [0.1, 0.15) is 43.4 Å². The first-order valence-corrected chi connectivity index (χ1v) is 9.16. The molecule has 0 aliphatic carbocycles. The van der Waals surface area contributed by atoms with Gasteiger partial charge in [-0.25, -0.2) is 0 Å². The van der Waals surface area contributed by atoms with Crippen molar-refractivity contribution in [3.8, 4) is 0 Å². The summed E-state index contributed by atoms with van der Waals surface area (Å²) in [7, 11) is 0. The third-order valence-electron chi connectivity index (χ3n) is 5.15. The highest BCUT2D eigenvalue weighted by atomic mass is 16.2. The molecule has 25 heavy (non-hydrogen) atoms. The molecule has 6 nitrogen and oxygen atoms in total. The van der Waals surface area contributed by atoms with E-state index in [1.807, 2.05) is 11.0 Å². The lowest BCUT2D eigenvalue weighted by atomic mass is 10.0. The molecule has 0 unspecified atom stereocenters. The van der Waals surface area contributed by atoms with Crippen molar-refractivity contribution in [3.05, 3.63) is 41.5 Å². The molecule has 3 heterocycles. The molecule has 0 radical (unpaired) electrons. The molecule has 4 rings (SSSR count). The molecule has 132 valence electrons. The van der Waals surface area contributed by atoms with Crippen LogP contribution in [-0.2, 0) is 24.3 Å². The van der Waals surface area contributed by atoms with Crippen LogP contribution in [0.25, 0.3) is 0 Å². The van der Waals surface area contributed by atoms with Gasteiger partial charge in [-0.05, 0) is 24.5 Å². The van der Waals surface area contributed by atoms with E-state index in [2.05, 4.69) is 51.7 Å². The van der Waals surface area contributed by atoms with E-state index in [1.165, 1.54) is 5.56 Å². The monoisotopic (exact) mass is 339 g/mol. The quantitative estimate of drug-likeness (QED) is 0.860. The third kappa shape index (κ3) is 3.06. The number of carbonyl (C=O) groups excluding carboxylic acids is 1. The fraction of sp³-hybridized carbons (Fsp3) is 0.526. The smallest absolute Gasteiger partial charge is 0.241 e. The first-order chi connectivity index (χ1) is 12.1. The minimum atomic E-state index is 0.184. The minimum absolute atomic E-state index is 0.184. The van der Waals surface area contributed by atoms with E-state index in [-0.39, 0.29) is 5.91 Å². The summed E-state index contributed by atoms with van der Waals surface area (Å²) in [6, 6.07) is 8.26. The number of nitrogens with zero attached hydrogens (tertiary/aromatic N) is 5. The number of para-hydroxylation sites is 1. The lowest BCUT2D eigenvalue weighted by Crippen LogP contribution is -2.45. The molecule has 0 spiro atoms. The van der Waals surface area contributed by atoms with E-state index in [1.54, 1.807) is 0 Å². The molecule has 2 aliphatic heterocycles. The van der Waals surface area contributed by atoms with Crippen LogP contribution >= 0.6 is 0 Å². The van der Waals surface area contributed by atoms with Crippen molar-refractivity contribution in [3.63, 3.8) is 0 Å². The fourth-order valence-electron chi connectivity index (χ4n) is 3.86. The van der Waals surface area contributed by atoms with Crippen LogP contribution in [-0.4, -0.2) is 45.2 Å². The first-order valence-electron chi connectivity index (χ1n) is 9.16. The molecule has 0 N–H and O–H groups in total. The molecule has 1 aromatic heterocycles. The number of benzene rings is 1. The second-order valence-corrected chi connectivity index (χ2v) is 7.27. The normalized spacial score (nSPS) is 17.5. The molecule has 0 fully saturated rings. The number of aromatic nitrogens is 3. The predicted octanol–water partition coefficient (Wildman–Crippen LogP) is 2.20. The van der Waals surface area contributed by atoms with Crippen molar-refractivity contribution in [1.82, 2.24) is 19.7 Å². The van der Waals surface area contributed by atoms with Gasteiger partial charge >= 0.3 is 0 Å². The van der Waals surface area contributed by atoms with Gasteiger partial charge in [-0.3, -0.25) is 9.69 Å². The molecule has 0 bridgehead atoms. The zero-order valence-electron chi connectivity index (χ0n) is 15.0. The molecule has 0 saturated heterocycles. The number of anilines is 1. The van der Waals surface area contributed by atoms with E-state index >= 15 is 0 Å². The summed E-state index contributed by atoms with van der Waals surface area (Å²) in [4.78, 5) is 17.0. The Morgan fingerprint density at radius 2 is 2.00 bits per heavy atom. The topological polar surface area (TPSA) is 54.3 Å². The molecule has 1 aromatic carbocycles. The van der Waals surface area contributed by atoms with Crippen LogP contribution in [0.15, 0.2) is 24.3 Å². The standard InChI is InChI=1S/C19H25N5O/c1-14(2)19-21-20-17-12-22(10-11-24(17)19)13-18(25)23-9-5-7-15-6-3-4-8-16(15)23/h3-4,6,8,14H,5,7,9-13H2,1-2H3. The van der Waals surface area contributed by atoms with Crippen molar-refractivity contribution < 1.29 is 4.79 Å². The van der Waals surface area contributed by atoms with Gasteiger partial charge in [-0.2, -0.15) is 0 Å². The van der Waals surface area contributed by atoms with E-state index in [0.29, 0.717) is 19.0 Å². The van der Waals surface area contributed by atoms with Crippen LogP contribution < -0.4 is 4.90 Å². The van der Waals surface area contributed by atoms with Crippen molar-refractivity contribution >= 4 is 11.6 Å². The Labute approximate surface area is 148 Å². The Morgan fingerprint density at radius 3 is 2.84 bits per heavy atom. The number of hydrogen-bond donors (Lipinski definition) is 0. The van der Waals surface area contributed by atoms with Gasteiger partial charge in [-0.1, -0.05) is 32.0 Å². The number of rotatable bonds is 3. The largest absolute Gasteiger partial charge is 0.312 e. The van der Waals surface area contributed by atoms with Gasteiger partial charge in [0.15, 0.2) is 0 Å². The summed E-state index contributed by atoms with van der Waals surface area (Å²) in [5, 5.41) is 8.65. The van der Waals surface area contributed by atoms with Gasteiger partial charge in [0.25, 0.3) is 0 Å². The minimum Gasteiger partial charge on any atom is -0.312 e. The van der Waals surface area contributed by atoms with Crippen molar-refractivity contribution in [2.75, 3.05) is 24.5 Å². The Kier molecular flexibility index (Phi) is 4.29. The predicted molar refractivity (Wildman–Crippen MR) is 96.5 cm³/mol. The molecular formula is C19H25N5O. The van der Waals surface area contributed by atoms with Crippen molar-refractivity contribution in [2.24, 2.45) is 0 Å². The van der Waals surface area contributed by atoms with E-state index in [0.717, 1.165) is 49.8 Å². The van der Waals surface area contributed by atoms with Crippen LogP contribution in [0.5, 0.6) is 0 Å². The maximum atomic E-state index is 12.9. The second kappa shape index (κ2) is 6.59. The Hall–Kier alpha value is -2.21. The summed E-state index contributed by atoms with van der Waals surface area (Å²) >= 11 is 0. The maximum Gasteiger partial charge on any atom is 0.241 e. The van der Waals surface area contributed by atoms with Crippen LogP contribution in [0.3, 0.4) is 0 Å². The van der Waals surface area contributed by atoms with Crippen molar-refractivity contribution in [1.29, 1.82) is 0 Å². The molecule has 6 heteroatoms. The lowest BCUT2D eigenvalue weighted by Gasteiger charge is -2.33. The van der Waals surface area contributed by atoms with E-state index in [9.17, 15) is 4.79 Å². The highest BCUT2D eigenvalue weighted by Crippen LogP contribution is 2.27. The van der Waals surface area contributed by atoms with Crippen LogP contribution in [0.4, 0.5) is 5.69 Å².